The zero-order chi connectivity index (χ0) is 12.8. The first kappa shape index (κ1) is 14.4. The van der Waals surface area contributed by atoms with E-state index in [9.17, 15) is 4.39 Å². The van der Waals surface area contributed by atoms with Gasteiger partial charge in [0, 0.05) is 18.2 Å². The maximum Gasteiger partial charge on any atom is 0.127 e. The third kappa shape index (κ3) is 4.62. The van der Waals surface area contributed by atoms with Gasteiger partial charge >= 0.3 is 0 Å². The van der Waals surface area contributed by atoms with Gasteiger partial charge in [-0.15, -0.1) is 0 Å². The summed E-state index contributed by atoms with van der Waals surface area (Å²) in [4.78, 5) is 0. The minimum absolute atomic E-state index is 0.155. The van der Waals surface area contributed by atoms with E-state index in [1.54, 1.807) is 19.2 Å². The van der Waals surface area contributed by atoms with E-state index in [-0.39, 0.29) is 18.0 Å². The summed E-state index contributed by atoms with van der Waals surface area (Å²) < 4.78 is 18.8. The van der Waals surface area contributed by atoms with Crippen LogP contribution in [0, 0.1) is 5.82 Å². The lowest BCUT2D eigenvalue weighted by Gasteiger charge is -2.20. The number of rotatable bonds is 6. The van der Waals surface area contributed by atoms with Crippen LogP contribution in [0.1, 0.15) is 18.9 Å². The molecule has 0 aliphatic rings. The zero-order valence-corrected chi connectivity index (χ0v) is 11.2. The standard InChI is InChI=1S/C13H19ClFNO/c1-9(17-3)6-12(16-2)7-10-4-5-11(14)8-13(10)15/h4-5,8-9,12,16H,6-7H2,1-3H3. The highest BCUT2D eigenvalue weighted by molar-refractivity contribution is 6.30. The number of hydrogen-bond acceptors (Lipinski definition) is 2. The van der Waals surface area contributed by atoms with Crippen LogP contribution in [-0.4, -0.2) is 26.3 Å². The van der Waals surface area contributed by atoms with Crippen LogP contribution in [0.15, 0.2) is 18.2 Å². The van der Waals surface area contributed by atoms with E-state index >= 15 is 0 Å². The summed E-state index contributed by atoms with van der Waals surface area (Å²) >= 11 is 5.72. The number of halogens is 2. The van der Waals surface area contributed by atoms with Crippen molar-refractivity contribution in [3.8, 4) is 0 Å². The van der Waals surface area contributed by atoms with E-state index in [4.69, 9.17) is 16.3 Å². The van der Waals surface area contributed by atoms with E-state index in [0.717, 1.165) is 6.42 Å². The number of methoxy groups -OCH3 is 1. The lowest BCUT2D eigenvalue weighted by atomic mass is 10.0. The van der Waals surface area contributed by atoms with Crippen molar-refractivity contribution in [2.24, 2.45) is 0 Å². The fraction of sp³-hybridized carbons (Fsp3) is 0.538. The summed E-state index contributed by atoms with van der Waals surface area (Å²) in [6, 6.07) is 5.00. The minimum Gasteiger partial charge on any atom is -0.382 e. The van der Waals surface area contributed by atoms with Gasteiger partial charge in [-0.3, -0.25) is 0 Å². The van der Waals surface area contributed by atoms with Crippen molar-refractivity contribution >= 4 is 11.6 Å². The summed E-state index contributed by atoms with van der Waals surface area (Å²) in [5, 5.41) is 3.61. The third-order valence-corrected chi connectivity index (χ3v) is 3.14. The summed E-state index contributed by atoms with van der Waals surface area (Å²) in [6.07, 6.45) is 1.63. The molecule has 96 valence electrons. The summed E-state index contributed by atoms with van der Waals surface area (Å²) in [6.45, 7) is 2.00. The molecule has 17 heavy (non-hydrogen) atoms. The molecular formula is C13H19ClFNO. The van der Waals surface area contributed by atoms with Crippen LogP contribution in [-0.2, 0) is 11.2 Å². The monoisotopic (exact) mass is 259 g/mol. The van der Waals surface area contributed by atoms with Crippen LogP contribution in [0.2, 0.25) is 5.02 Å². The molecule has 0 spiro atoms. The van der Waals surface area contributed by atoms with Crippen molar-refractivity contribution < 1.29 is 9.13 Å². The maximum absolute atomic E-state index is 13.6. The summed E-state index contributed by atoms with van der Waals surface area (Å²) in [5.41, 5.74) is 0.678. The van der Waals surface area contributed by atoms with Gasteiger partial charge in [0.2, 0.25) is 0 Å². The minimum atomic E-state index is -0.247. The Morgan fingerprint density at radius 2 is 2.18 bits per heavy atom. The molecule has 0 radical (unpaired) electrons. The Bertz CT molecular complexity index is 359. The zero-order valence-electron chi connectivity index (χ0n) is 10.5. The molecule has 1 aromatic carbocycles. The number of hydrogen-bond donors (Lipinski definition) is 1. The smallest absolute Gasteiger partial charge is 0.127 e. The third-order valence-electron chi connectivity index (χ3n) is 2.91. The van der Waals surface area contributed by atoms with Gasteiger partial charge in [0.25, 0.3) is 0 Å². The molecule has 2 nitrogen and oxygen atoms in total. The molecule has 1 N–H and O–H groups in total. The average Bonchev–Trinajstić information content (AvgIpc) is 2.31. The molecule has 1 aromatic rings. The van der Waals surface area contributed by atoms with Crippen LogP contribution < -0.4 is 5.32 Å². The molecule has 0 heterocycles. The highest BCUT2D eigenvalue weighted by Crippen LogP contribution is 2.17. The highest BCUT2D eigenvalue weighted by atomic mass is 35.5. The molecule has 0 amide bonds. The molecule has 1 rings (SSSR count). The molecule has 4 heteroatoms. The van der Waals surface area contributed by atoms with Crippen LogP contribution in [0.4, 0.5) is 4.39 Å². The second kappa shape index (κ2) is 6.94. The Morgan fingerprint density at radius 3 is 2.71 bits per heavy atom. The van der Waals surface area contributed by atoms with Gasteiger partial charge in [0.05, 0.1) is 6.10 Å². The number of benzene rings is 1. The first-order valence-corrected chi connectivity index (χ1v) is 6.08. The number of nitrogens with one attached hydrogen (secondary N) is 1. The predicted octanol–water partition coefficient (Wildman–Crippen LogP) is 3.03. The van der Waals surface area contributed by atoms with Crippen molar-refractivity contribution in [1.82, 2.24) is 5.32 Å². The van der Waals surface area contributed by atoms with Gasteiger partial charge in [-0.1, -0.05) is 17.7 Å². The van der Waals surface area contributed by atoms with E-state index in [1.807, 2.05) is 14.0 Å². The number of likely N-dealkylation sites (N-methyl/N-ethyl adjacent to an activating group) is 1. The van der Waals surface area contributed by atoms with Crippen molar-refractivity contribution in [2.75, 3.05) is 14.2 Å². The Kier molecular flexibility index (Phi) is 5.89. The van der Waals surface area contributed by atoms with Crippen molar-refractivity contribution in [2.45, 2.75) is 31.9 Å². The molecule has 0 fully saturated rings. The fourth-order valence-electron chi connectivity index (χ4n) is 1.75. The van der Waals surface area contributed by atoms with Crippen molar-refractivity contribution in [3.63, 3.8) is 0 Å². The normalized spacial score (nSPS) is 14.6. The molecule has 0 aliphatic heterocycles. The van der Waals surface area contributed by atoms with Crippen LogP contribution in [0.25, 0.3) is 0 Å². The van der Waals surface area contributed by atoms with Crippen LogP contribution >= 0.6 is 11.6 Å². The molecule has 0 aliphatic carbocycles. The van der Waals surface area contributed by atoms with Crippen LogP contribution in [0.5, 0.6) is 0 Å². The summed E-state index contributed by atoms with van der Waals surface area (Å²) in [7, 11) is 3.56. The fourth-order valence-corrected chi connectivity index (χ4v) is 1.91. The van der Waals surface area contributed by atoms with Gasteiger partial charge in [0.15, 0.2) is 0 Å². The quantitative estimate of drug-likeness (QED) is 0.848. The molecule has 2 atom stereocenters. The lowest BCUT2D eigenvalue weighted by molar-refractivity contribution is 0.101. The molecule has 0 aromatic heterocycles. The Balaban J connectivity index is 2.67. The second-order valence-corrected chi connectivity index (χ2v) is 4.64. The molecule has 0 saturated heterocycles. The topological polar surface area (TPSA) is 21.3 Å². The molecule has 0 saturated carbocycles. The SMILES string of the molecule is CNC(Cc1ccc(Cl)cc1F)CC(C)OC. The van der Waals surface area contributed by atoms with Crippen LogP contribution in [0.3, 0.4) is 0 Å². The predicted molar refractivity (Wildman–Crippen MR) is 69.0 cm³/mol. The highest BCUT2D eigenvalue weighted by Gasteiger charge is 2.14. The van der Waals surface area contributed by atoms with E-state index < -0.39 is 0 Å². The second-order valence-electron chi connectivity index (χ2n) is 4.21. The summed E-state index contributed by atoms with van der Waals surface area (Å²) in [5.74, 6) is -0.247. The largest absolute Gasteiger partial charge is 0.382 e. The Hall–Kier alpha value is -0.640. The lowest BCUT2D eigenvalue weighted by Crippen LogP contribution is -2.31. The molecular weight excluding hydrogens is 241 g/mol. The van der Waals surface area contributed by atoms with Gasteiger partial charge in [0.1, 0.15) is 5.82 Å². The average molecular weight is 260 g/mol. The van der Waals surface area contributed by atoms with Crippen molar-refractivity contribution in [3.05, 3.63) is 34.6 Å². The number of ether oxygens (including phenoxy) is 1. The Morgan fingerprint density at radius 1 is 1.47 bits per heavy atom. The van der Waals surface area contributed by atoms with Gasteiger partial charge in [-0.2, -0.15) is 0 Å². The van der Waals surface area contributed by atoms with E-state index in [0.29, 0.717) is 17.0 Å². The van der Waals surface area contributed by atoms with E-state index in [1.165, 1.54) is 6.07 Å². The maximum atomic E-state index is 13.6. The van der Waals surface area contributed by atoms with Gasteiger partial charge < -0.3 is 10.1 Å². The van der Waals surface area contributed by atoms with Gasteiger partial charge in [-0.25, -0.2) is 4.39 Å². The first-order valence-electron chi connectivity index (χ1n) is 5.70. The van der Waals surface area contributed by atoms with Gasteiger partial charge in [-0.05, 0) is 44.5 Å². The first-order chi connectivity index (χ1) is 8.06. The Labute approximate surface area is 107 Å². The molecule has 2 unspecified atom stereocenters. The molecule has 0 bridgehead atoms. The van der Waals surface area contributed by atoms with Crippen molar-refractivity contribution in [1.29, 1.82) is 0 Å². The van der Waals surface area contributed by atoms with E-state index in [2.05, 4.69) is 5.32 Å².